The van der Waals surface area contributed by atoms with E-state index in [9.17, 15) is 0 Å². The van der Waals surface area contributed by atoms with Crippen LogP contribution >= 0.6 is 31.9 Å². The molecule has 0 amide bonds. The summed E-state index contributed by atoms with van der Waals surface area (Å²) < 4.78 is 1.10. The minimum atomic E-state index is 0.837. The van der Waals surface area contributed by atoms with Crippen molar-refractivity contribution in [3.63, 3.8) is 0 Å². The predicted molar refractivity (Wildman–Crippen MR) is 43.2 cm³/mol. The Morgan fingerprint density at radius 3 is 2.25 bits per heavy atom. The molecule has 2 heteroatoms. The first-order valence-electron chi connectivity index (χ1n) is 2.73. The van der Waals surface area contributed by atoms with Crippen LogP contribution in [-0.2, 0) is 0 Å². The Hall–Kier alpha value is 0.700. The van der Waals surface area contributed by atoms with Gasteiger partial charge in [0.05, 0.1) is 3.39 Å². The van der Waals surface area contributed by atoms with E-state index < -0.39 is 0 Å². The highest BCUT2D eigenvalue weighted by atomic mass is 79.9. The van der Waals surface area contributed by atoms with Crippen molar-refractivity contribution in [2.45, 2.75) is 13.3 Å². The van der Waals surface area contributed by atoms with Crippen molar-refractivity contribution in [1.29, 1.82) is 0 Å². The Balaban J connectivity index is 2.32. The molecule has 0 nitrogen and oxygen atoms in total. The molecule has 0 aromatic rings. The topological polar surface area (TPSA) is 0 Å². The maximum absolute atomic E-state index is 3.32. The van der Waals surface area contributed by atoms with Gasteiger partial charge in [-0.3, -0.25) is 0 Å². The van der Waals surface area contributed by atoms with E-state index in [2.05, 4.69) is 44.9 Å². The minimum absolute atomic E-state index is 0.837. The molecule has 46 valence electrons. The van der Waals surface area contributed by atoms with Crippen molar-refractivity contribution in [2.24, 2.45) is 11.8 Å². The Labute approximate surface area is 66.6 Å². The summed E-state index contributed by atoms with van der Waals surface area (Å²) >= 11 is 6.64. The van der Waals surface area contributed by atoms with Gasteiger partial charge in [-0.25, -0.2) is 0 Å². The molecule has 0 bridgehead atoms. The van der Waals surface area contributed by atoms with Gasteiger partial charge in [-0.15, -0.1) is 0 Å². The summed E-state index contributed by atoms with van der Waals surface area (Å²) in [5.41, 5.74) is 0. The number of hydrogen-bond acceptors (Lipinski definition) is 0. The van der Waals surface area contributed by atoms with Crippen LogP contribution in [0.3, 0.4) is 0 Å². The highest BCUT2D eigenvalue weighted by Crippen LogP contribution is 2.40. The Bertz CT molecular complexity index is 114. The van der Waals surface area contributed by atoms with Gasteiger partial charge in [-0.05, 0) is 50.1 Å². The SMILES string of the molecule is CC1CC1C=C(Br)Br. The van der Waals surface area contributed by atoms with E-state index in [0.717, 1.165) is 15.2 Å². The summed E-state index contributed by atoms with van der Waals surface area (Å²) in [4.78, 5) is 0. The average molecular weight is 240 g/mol. The molecule has 0 aromatic carbocycles. The van der Waals surface area contributed by atoms with Crippen LogP contribution in [0.4, 0.5) is 0 Å². The Morgan fingerprint density at radius 2 is 2.12 bits per heavy atom. The molecule has 0 aromatic heterocycles. The van der Waals surface area contributed by atoms with Crippen LogP contribution in [0, 0.1) is 11.8 Å². The third-order valence-corrected chi connectivity index (χ3v) is 2.04. The predicted octanol–water partition coefficient (Wildman–Crippen LogP) is 3.27. The van der Waals surface area contributed by atoms with Crippen LogP contribution in [0.1, 0.15) is 13.3 Å². The molecule has 1 aliphatic carbocycles. The second-order valence-corrected chi connectivity index (χ2v) is 5.11. The van der Waals surface area contributed by atoms with Gasteiger partial charge in [0, 0.05) is 0 Å². The summed E-state index contributed by atoms with van der Waals surface area (Å²) in [6.07, 6.45) is 3.57. The first-order valence-corrected chi connectivity index (χ1v) is 4.31. The van der Waals surface area contributed by atoms with Crippen molar-refractivity contribution in [2.75, 3.05) is 0 Å². The normalized spacial score (nSPS) is 34.4. The zero-order valence-electron chi connectivity index (χ0n) is 4.70. The van der Waals surface area contributed by atoms with Crippen LogP contribution in [0.15, 0.2) is 9.47 Å². The summed E-state index contributed by atoms with van der Waals surface area (Å²) in [6.45, 7) is 2.27. The minimum Gasteiger partial charge on any atom is -0.0619 e. The highest BCUT2D eigenvalue weighted by molar-refractivity contribution is 9.28. The van der Waals surface area contributed by atoms with E-state index in [-0.39, 0.29) is 0 Å². The quantitative estimate of drug-likeness (QED) is 0.659. The zero-order chi connectivity index (χ0) is 6.15. The van der Waals surface area contributed by atoms with Crippen molar-refractivity contribution >= 4 is 31.9 Å². The lowest BCUT2D eigenvalue weighted by Gasteiger charge is -1.81. The van der Waals surface area contributed by atoms with Gasteiger partial charge in [0.1, 0.15) is 0 Å². The Kier molecular flexibility index (Phi) is 2.15. The molecule has 2 unspecified atom stereocenters. The molecule has 8 heavy (non-hydrogen) atoms. The molecular weight excluding hydrogens is 232 g/mol. The Morgan fingerprint density at radius 1 is 1.62 bits per heavy atom. The molecule has 1 fully saturated rings. The summed E-state index contributed by atoms with van der Waals surface area (Å²) in [6, 6.07) is 0. The smallest absolute Gasteiger partial charge is 0.0567 e. The third kappa shape index (κ3) is 1.90. The number of allylic oxidation sites excluding steroid dienone is 1. The summed E-state index contributed by atoms with van der Waals surface area (Å²) in [5.74, 6) is 1.75. The van der Waals surface area contributed by atoms with Crippen LogP contribution in [-0.4, -0.2) is 0 Å². The fourth-order valence-corrected chi connectivity index (χ4v) is 1.42. The van der Waals surface area contributed by atoms with Crippen molar-refractivity contribution in [1.82, 2.24) is 0 Å². The standard InChI is InChI=1S/C6H8Br2/c1-4-2-5(4)3-6(7)8/h3-5H,2H2,1H3. The van der Waals surface area contributed by atoms with E-state index in [1.165, 1.54) is 6.42 Å². The summed E-state index contributed by atoms with van der Waals surface area (Å²) in [7, 11) is 0. The maximum atomic E-state index is 3.32. The summed E-state index contributed by atoms with van der Waals surface area (Å²) in [5, 5.41) is 0. The van der Waals surface area contributed by atoms with Crippen molar-refractivity contribution in [3.8, 4) is 0 Å². The lowest BCUT2D eigenvalue weighted by atomic mass is 10.3. The van der Waals surface area contributed by atoms with Crippen molar-refractivity contribution in [3.05, 3.63) is 9.47 Å². The molecule has 2 atom stereocenters. The number of hydrogen-bond donors (Lipinski definition) is 0. The molecule has 1 aliphatic rings. The first-order chi connectivity index (χ1) is 3.70. The monoisotopic (exact) mass is 238 g/mol. The van der Waals surface area contributed by atoms with Gasteiger partial charge in [0.25, 0.3) is 0 Å². The molecule has 1 saturated carbocycles. The fraction of sp³-hybridized carbons (Fsp3) is 0.667. The molecule has 0 heterocycles. The largest absolute Gasteiger partial charge is 0.0619 e. The van der Waals surface area contributed by atoms with Crippen LogP contribution in [0.5, 0.6) is 0 Å². The highest BCUT2D eigenvalue weighted by Gasteiger charge is 2.29. The molecule has 0 radical (unpaired) electrons. The van der Waals surface area contributed by atoms with Gasteiger partial charge in [0.2, 0.25) is 0 Å². The van der Waals surface area contributed by atoms with Gasteiger partial charge >= 0.3 is 0 Å². The molecule has 1 rings (SSSR count). The second-order valence-electron chi connectivity index (χ2n) is 2.33. The lowest BCUT2D eigenvalue weighted by Crippen LogP contribution is -1.66. The molecular formula is C6H8Br2. The van der Waals surface area contributed by atoms with E-state index in [0.29, 0.717) is 0 Å². The van der Waals surface area contributed by atoms with Crippen LogP contribution in [0.25, 0.3) is 0 Å². The number of halogens is 2. The molecule has 0 spiro atoms. The average Bonchev–Trinajstić information content (AvgIpc) is 2.17. The second kappa shape index (κ2) is 2.53. The maximum Gasteiger partial charge on any atom is 0.0567 e. The third-order valence-electron chi connectivity index (χ3n) is 1.51. The van der Waals surface area contributed by atoms with E-state index in [4.69, 9.17) is 0 Å². The molecule has 0 saturated heterocycles. The molecule has 0 N–H and O–H groups in total. The first kappa shape index (κ1) is 6.81. The zero-order valence-corrected chi connectivity index (χ0v) is 7.87. The van der Waals surface area contributed by atoms with Gasteiger partial charge < -0.3 is 0 Å². The van der Waals surface area contributed by atoms with E-state index in [1.807, 2.05) is 0 Å². The van der Waals surface area contributed by atoms with Crippen LogP contribution < -0.4 is 0 Å². The van der Waals surface area contributed by atoms with E-state index >= 15 is 0 Å². The fourth-order valence-electron chi connectivity index (χ4n) is 0.745. The molecule has 0 aliphatic heterocycles. The lowest BCUT2D eigenvalue weighted by molar-refractivity contribution is 0.900. The van der Waals surface area contributed by atoms with Gasteiger partial charge in [0.15, 0.2) is 0 Å². The number of rotatable bonds is 1. The van der Waals surface area contributed by atoms with E-state index in [1.54, 1.807) is 0 Å². The van der Waals surface area contributed by atoms with Crippen LogP contribution in [0.2, 0.25) is 0 Å². The van der Waals surface area contributed by atoms with Crippen molar-refractivity contribution < 1.29 is 0 Å². The van der Waals surface area contributed by atoms with Gasteiger partial charge in [-0.1, -0.05) is 13.0 Å². The van der Waals surface area contributed by atoms with Gasteiger partial charge in [-0.2, -0.15) is 0 Å².